The highest BCUT2D eigenvalue weighted by molar-refractivity contribution is 9.10. The van der Waals surface area contributed by atoms with E-state index in [9.17, 15) is 5.11 Å². The summed E-state index contributed by atoms with van der Waals surface area (Å²) in [4.78, 5) is 0. The summed E-state index contributed by atoms with van der Waals surface area (Å²) in [6, 6.07) is 3.16. The van der Waals surface area contributed by atoms with E-state index in [1.807, 2.05) is 20.8 Å². The number of phenols is 1. The molecule has 0 unspecified atom stereocenters. The lowest BCUT2D eigenvalue weighted by Crippen LogP contribution is -2.26. The van der Waals surface area contributed by atoms with E-state index in [-0.39, 0.29) is 17.2 Å². The van der Waals surface area contributed by atoms with Crippen molar-refractivity contribution in [3.63, 3.8) is 0 Å². The highest BCUT2D eigenvalue weighted by Crippen LogP contribution is 2.42. The minimum Gasteiger partial charge on any atom is -0.506 e. The lowest BCUT2D eigenvalue weighted by atomic mass is 9.83. The number of hydrogen-bond acceptors (Lipinski definition) is 2. The van der Waals surface area contributed by atoms with Gasteiger partial charge in [0.05, 0.1) is 5.02 Å². The standard InChI is InChI=1S/C11H15BrClNO/c1-11(2,3)10(14)8-6(12)4-5-7(13)9(8)15/h4-5,10,15H,14H2,1-3H3/t10-/m0/s1. The van der Waals surface area contributed by atoms with Gasteiger partial charge in [0, 0.05) is 16.1 Å². The Hall–Kier alpha value is -0.250. The second-order valence-corrected chi connectivity index (χ2v) is 5.90. The van der Waals surface area contributed by atoms with Gasteiger partial charge in [-0.05, 0) is 17.5 Å². The van der Waals surface area contributed by atoms with Crippen LogP contribution in [0.2, 0.25) is 5.02 Å². The lowest BCUT2D eigenvalue weighted by Gasteiger charge is -2.29. The summed E-state index contributed by atoms with van der Waals surface area (Å²) < 4.78 is 0.784. The van der Waals surface area contributed by atoms with E-state index in [1.54, 1.807) is 12.1 Å². The van der Waals surface area contributed by atoms with Gasteiger partial charge in [0.1, 0.15) is 5.75 Å². The van der Waals surface area contributed by atoms with Crippen LogP contribution in [0, 0.1) is 5.41 Å². The zero-order chi connectivity index (χ0) is 11.8. The summed E-state index contributed by atoms with van der Waals surface area (Å²) in [7, 11) is 0. The molecule has 0 aliphatic carbocycles. The average Bonchev–Trinajstić information content (AvgIpc) is 2.10. The maximum Gasteiger partial charge on any atom is 0.140 e. The van der Waals surface area contributed by atoms with Crippen molar-refractivity contribution >= 4 is 27.5 Å². The van der Waals surface area contributed by atoms with Gasteiger partial charge < -0.3 is 10.8 Å². The van der Waals surface area contributed by atoms with Crippen LogP contribution in [0.1, 0.15) is 32.4 Å². The Bertz CT molecular complexity index is 374. The molecule has 0 aliphatic rings. The van der Waals surface area contributed by atoms with Crippen LogP contribution in [-0.2, 0) is 0 Å². The Labute approximate surface area is 104 Å². The molecule has 0 saturated carbocycles. The van der Waals surface area contributed by atoms with Crippen LogP contribution in [0.4, 0.5) is 0 Å². The monoisotopic (exact) mass is 291 g/mol. The van der Waals surface area contributed by atoms with Gasteiger partial charge >= 0.3 is 0 Å². The Kier molecular flexibility index (Phi) is 3.69. The van der Waals surface area contributed by atoms with Gasteiger partial charge in [-0.1, -0.05) is 48.3 Å². The molecule has 15 heavy (non-hydrogen) atoms. The van der Waals surface area contributed by atoms with Crippen molar-refractivity contribution in [2.75, 3.05) is 0 Å². The minimum absolute atomic E-state index is 0.0634. The molecule has 1 atom stereocenters. The van der Waals surface area contributed by atoms with Crippen molar-refractivity contribution in [2.45, 2.75) is 26.8 Å². The van der Waals surface area contributed by atoms with Gasteiger partial charge in [0.25, 0.3) is 0 Å². The number of aromatic hydroxyl groups is 1. The average molecular weight is 293 g/mol. The summed E-state index contributed by atoms with van der Waals surface area (Å²) in [6.45, 7) is 6.05. The highest BCUT2D eigenvalue weighted by Gasteiger charge is 2.27. The van der Waals surface area contributed by atoms with Gasteiger partial charge in [-0.15, -0.1) is 0 Å². The third-order valence-corrected chi connectivity index (χ3v) is 3.36. The van der Waals surface area contributed by atoms with Crippen molar-refractivity contribution in [3.8, 4) is 5.75 Å². The number of nitrogens with two attached hydrogens (primary N) is 1. The van der Waals surface area contributed by atoms with Crippen LogP contribution in [0.25, 0.3) is 0 Å². The molecule has 1 aromatic carbocycles. The Morgan fingerprint density at radius 3 is 2.40 bits per heavy atom. The van der Waals surface area contributed by atoms with Crippen LogP contribution in [0.15, 0.2) is 16.6 Å². The topological polar surface area (TPSA) is 46.2 Å². The van der Waals surface area contributed by atoms with Crippen LogP contribution in [0.3, 0.4) is 0 Å². The normalized spacial score (nSPS) is 14.0. The van der Waals surface area contributed by atoms with E-state index in [1.165, 1.54) is 0 Å². The van der Waals surface area contributed by atoms with Gasteiger partial charge in [0.15, 0.2) is 0 Å². The number of phenolic OH excluding ortho intramolecular Hbond substituents is 1. The molecular weight excluding hydrogens is 277 g/mol. The number of benzene rings is 1. The molecule has 0 amide bonds. The zero-order valence-corrected chi connectivity index (χ0v) is 11.4. The molecule has 0 bridgehead atoms. The van der Waals surface area contributed by atoms with Crippen molar-refractivity contribution in [1.29, 1.82) is 0 Å². The van der Waals surface area contributed by atoms with Crippen LogP contribution in [-0.4, -0.2) is 5.11 Å². The first-order valence-corrected chi connectivity index (χ1v) is 5.84. The maximum absolute atomic E-state index is 9.87. The fourth-order valence-electron chi connectivity index (χ4n) is 1.29. The molecule has 0 heterocycles. The molecule has 2 nitrogen and oxygen atoms in total. The number of rotatable bonds is 1. The predicted molar refractivity (Wildman–Crippen MR) is 67.2 cm³/mol. The number of hydrogen-bond donors (Lipinski definition) is 2. The molecule has 0 spiro atoms. The molecule has 84 valence electrons. The predicted octanol–water partition coefficient (Wildman–Crippen LogP) is 3.85. The van der Waals surface area contributed by atoms with E-state index in [0.717, 1.165) is 4.47 Å². The second-order valence-electron chi connectivity index (χ2n) is 4.64. The second kappa shape index (κ2) is 4.32. The van der Waals surface area contributed by atoms with Crippen molar-refractivity contribution in [1.82, 2.24) is 0 Å². The molecule has 0 fully saturated rings. The van der Waals surface area contributed by atoms with Crippen molar-refractivity contribution in [2.24, 2.45) is 11.1 Å². The SMILES string of the molecule is CC(C)(C)[C@@H](N)c1c(Br)ccc(Cl)c1O. The largest absolute Gasteiger partial charge is 0.506 e. The fourth-order valence-corrected chi connectivity index (χ4v) is 2.02. The van der Waals surface area contributed by atoms with Gasteiger partial charge in [-0.25, -0.2) is 0 Å². The first-order chi connectivity index (χ1) is 6.75. The Balaban J connectivity index is 3.31. The van der Waals surface area contributed by atoms with Crippen LogP contribution < -0.4 is 5.73 Å². The summed E-state index contributed by atoms with van der Waals surface area (Å²) in [5.74, 6) is 0.0634. The molecule has 0 radical (unpaired) electrons. The van der Waals surface area contributed by atoms with E-state index in [4.69, 9.17) is 17.3 Å². The summed E-state index contributed by atoms with van der Waals surface area (Å²) in [5, 5.41) is 10.2. The molecule has 0 aromatic heterocycles. The molecule has 3 N–H and O–H groups in total. The third kappa shape index (κ3) is 2.65. The highest BCUT2D eigenvalue weighted by atomic mass is 79.9. The quantitative estimate of drug-likeness (QED) is 0.826. The fraction of sp³-hybridized carbons (Fsp3) is 0.455. The summed E-state index contributed by atoms with van der Waals surface area (Å²) in [6.07, 6.45) is 0. The van der Waals surface area contributed by atoms with Crippen molar-refractivity contribution in [3.05, 3.63) is 27.2 Å². The van der Waals surface area contributed by atoms with Crippen molar-refractivity contribution < 1.29 is 5.11 Å². The summed E-state index contributed by atoms with van der Waals surface area (Å²) >= 11 is 9.23. The molecule has 0 aliphatic heterocycles. The molecule has 1 aromatic rings. The Morgan fingerprint density at radius 2 is 1.93 bits per heavy atom. The van der Waals surface area contributed by atoms with Gasteiger partial charge in [-0.3, -0.25) is 0 Å². The van der Waals surface area contributed by atoms with Gasteiger partial charge in [0.2, 0.25) is 0 Å². The first-order valence-electron chi connectivity index (χ1n) is 4.67. The number of halogens is 2. The maximum atomic E-state index is 9.87. The van der Waals surface area contributed by atoms with Crippen LogP contribution in [0.5, 0.6) is 5.75 Å². The molecule has 1 rings (SSSR count). The first kappa shape index (κ1) is 12.8. The minimum atomic E-state index is -0.273. The molecule has 4 heteroatoms. The molecule has 0 saturated heterocycles. The zero-order valence-electron chi connectivity index (χ0n) is 9.01. The van der Waals surface area contributed by atoms with Gasteiger partial charge in [-0.2, -0.15) is 0 Å². The van der Waals surface area contributed by atoms with E-state index in [0.29, 0.717) is 10.6 Å². The third-order valence-electron chi connectivity index (χ3n) is 2.36. The van der Waals surface area contributed by atoms with E-state index >= 15 is 0 Å². The summed E-state index contributed by atoms with van der Waals surface area (Å²) in [5.41, 5.74) is 6.62. The lowest BCUT2D eigenvalue weighted by molar-refractivity contribution is 0.317. The van der Waals surface area contributed by atoms with Crippen LogP contribution >= 0.6 is 27.5 Å². The smallest absolute Gasteiger partial charge is 0.140 e. The van der Waals surface area contributed by atoms with E-state index in [2.05, 4.69) is 15.9 Å². The Morgan fingerprint density at radius 1 is 1.40 bits per heavy atom. The molecular formula is C11H15BrClNO. The van der Waals surface area contributed by atoms with E-state index < -0.39 is 0 Å².